The molecule has 1 heterocycles. The van der Waals surface area contributed by atoms with Gasteiger partial charge in [-0.25, -0.2) is 0 Å². The van der Waals surface area contributed by atoms with Crippen molar-refractivity contribution in [1.29, 1.82) is 0 Å². The Kier molecular flexibility index (Phi) is 5.28. The molecule has 0 bridgehead atoms. The monoisotopic (exact) mass is 288 g/mol. The molecule has 0 aliphatic rings. The number of hydrogen-bond donors (Lipinski definition) is 1. The maximum atomic E-state index is 5.78. The lowest BCUT2D eigenvalue weighted by Gasteiger charge is -2.19. The molecule has 0 atom stereocenters. The number of nitrogens with zero attached hydrogens (tertiary/aromatic N) is 1. The predicted octanol–water partition coefficient (Wildman–Crippen LogP) is 3.34. The number of hydrogen-bond acceptors (Lipinski definition) is 4. The second-order valence-corrected chi connectivity index (χ2v) is 5.13. The molecule has 0 saturated carbocycles. The fourth-order valence-electron chi connectivity index (χ4n) is 2.26. The minimum Gasteiger partial charge on any atom is -0.497 e. The highest BCUT2D eigenvalue weighted by atomic mass is 16.5. The van der Waals surface area contributed by atoms with Crippen LogP contribution in [-0.2, 0) is 13.1 Å². The van der Waals surface area contributed by atoms with Gasteiger partial charge in [-0.3, -0.25) is 0 Å². The van der Waals surface area contributed by atoms with Crippen LogP contribution >= 0.6 is 0 Å². The first-order chi connectivity index (χ1) is 10.1. The van der Waals surface area contributed by atoms with Crippen molar-refractivity contribution in [3.8, 4) is 5.75 Å². The second kappa shape index (κ2) is 7.18. The summed E-state index contributed by atoms with van der Waals surface area (Å²) in [4.78, 5) is 2.20. The number of furan rings is 1. The van der Waals surface area contributed by atoms with Gasteiger partial charge in [-0.15, -0.1) is 0 Å². The minimum absolute atomic E-state index is 0.781. The van der Waals surface area contributed by atoms with Crippen molar-refractivity contribution in [3.63, 3.8) is 0 Å². The van der Waals surface area contributed by atoms with Crippen LogP contribution in [-0.4, -0.2) is 20.7 Å². The van der Waals surface area contributed by atoms with E-state index in [9.17, 15) is 0 Å². The highest BCUT2D eigenvalue weighted by Gasteiger charge is 2.10. The molecular weight excluding hydrogens is 264 g/mol. The molecule has 2 aromatic rings. The normalized spacial score (nSPS) is 10.7. The number of nitrogens with one attached hydrogen (secondary N) is 1. The topological polar surface area (TPSA) is 37.6 Å². The van der Waals surface area contributed by atoms with Crippen molar-refractivity contribution in [1.82, 2.24) is 5.32 Å². The first kappa shape index (κ1) is 15.4. The van der Waals surface area contributed by atoms with Crippen molar-refractivity contribution in [2.45, 2.75) is 26.9 Å². The Labute approximate surface area is 126 Å². The van der Waals surface area contributed by atoms with Gasteiger partial charge < -0.3 is 19.4 Å². The first-order valence-corrected chi connectivity index (χ1v) is 7.28. The zero-order chi connectivity index (χ0) is 15.2. The number of benzene rings is 1. The molecular formula is C17H24N2O2. The van der Waals surface area contributed by atoms with Gasteiger partial charge in [0.05, 0.1) is 13.7 Å². The van der Waals surface area contributed by atoms with Gasteiger partial charge in [0.25, 0.3) is 0 Å². The van der Waals surface area contributed by atoms with Crippen LogP contribution in [0.15, 0.2) is 34.7 Å². The molecule has 0 unspecified atom stereocenters. The van der Waals surface area contributed by atoms with Crippen LogP contribution in [0.25, 0.3) is 0 Å². The van der Waals surface area contributed by atoms with Crippen LogP contribution in [0.5, 0.6) is 5.75 Å². The number of methoxy groups -OCH3 is 1. The number of rotatable bonds is 7. The summed E-state index contributed by atoms with van der Waals surface area (Å²) in [5.74, 6) is 2.86. The van der Waals surface area contributed by atoms with Crippen molar-refractivity contribution in [3.05, 3.63) is 47.4 Å². The molecule has 0 amide bonds. The maximum Gasteiger partial charge on any atom is 0.119 e. The third-order valence-electron chi connectivity index (χ3n) is 3.54. The van der Waals surface area contributed by atoms with E-state index in [0.29, 0.717) is 0 Å². The summed E-state index contributed by atoms with van der Waals surface area (Å²) in [5, 5.41) is 3.28. The summed E-state index contributed by atoms with van der Waals surface area (Å²) in [6.07, 6.45) is 0. The van der Waals surface area contributed by atoms with E-state index in [4.69, 9.17) is 9.15 Å². The summed E-state index contributed by atoms with van der Waals surface area (Å²) >= 11 is 0. The summed E-state index contributed by atoms with van der Waals surface area (Å²) in [6, 6.07) is 10.2. The van der Waals surface area contributed by atoms with Crippen molar-refractivity contribution >= 4 is 5.69 Å². The molecule has 2 rings (SSSR count). The fourth-order valence-corrected chi connectivity index (χ4v) is 2.26. The molecule has 1 N–H and O–H groups in total. The molecule has 1 aromatic carbocycles. The second-order valence-electron chi connectivity index (χ2n) is 5.13. The fraction of sp³-hybridized carbons (Fsp3) is 0.412. The van der Waals surface area contributed by atoms with Gasteiger partial charge in [0.2, 0.25) is 0 Å². The standard InChI is InChI=1S/C17H24N2O2/c1-5-18-11-17-10-14(13(2)21-17)12-19(3)15-6-8-16(20-4)9-7-15/h6-10,18H,5,11-12H2,1-4H3. The van der Waals surface area contributed by atoms with Crippen molar-refractivity contribution in [2.24, 2.45) is 0 Å². The third kappa shape index (κ3) is 4.02. The van der Waals surface area contributed by atoms with Gasteiger partial charge >= 0.3 is 0 Å². The average Bonchev–Trinajstić information content (AvgIpc) is 2.85. The zero-order valence-electron chi connectivity index (χ0n) is 13.3. The predicted molar refractivity (Wildman–Crippen MR) is 85.9 cm³/mol. The van der Waals surface area contributed by atoms with Crippen LogP contribution in [0.3, 0.4) is 0 Å². The van der Waals surface area contributed by atoms with Gasteiger partial charge in [0.1, 0.15) is 17.3 Å². The summed E-state index contributed by atoms with van der Waals surface area (Å²) in [5.41, 5.74) is 2.38. The van der Waals surface area contributed by atoms with Gasteiger partial charge in [0, 0.05) is 24.8 Å². The van der Waals surface area contributed by atoms with Crippen molar-refractivity contribution < 1.29 is 9.15 Å². The first-order valence-electron chi connectivity index (χ1n) is 7.28. The number of anilines is 1. The molecule has 0 saturated heterocycles. The number of aryl methyl sites for hydroxylation is 1. The molecule has 0 spiro atoms. The molecule has 21 heavy (non-hydrogen) atoms. The van der Waals surface area contributed by atoms with E-state index >= 15 is 0 Å². The lowest BCUT2D eigenvalue weighted by molar-refractivity contribution is 0.415. The largest absolute Gasteiger partial charge is 0.497 e. The summed E-state index contributed by atoms with van der Waals surface area (Å²) in [6.45, 7) is 6.67. The zero-order valence-corrected chi connectivity index (χ0v) is 13.3. The maximum absolute atomic E-state index is 5.78. The van der Waals surface area contributed by atoms with Gasteiger partial charge in [0.15, 0.2) is 0 Å². The van der Waals surface area contributed by atoms with Crippen LogP contribution in [0.4, 0.5) is 5.69 Å². The molecule has 0 radical (unpaired) electrons. The SMILES string of the molecule is CCNCc1cc(CN(C)c2ccc(OC)cc2)c(C)o1. The van der Waals surface area contributed by atoms with E-state index in [1.54, 1.807) is 7.11 Å². The summed E-state index contributed by atoms with van der Waals surface area (Å²) < 4.78 is 11.0. The summed E-state index contributed by atoms with van der Waals surface area (Å²) in [7, 11) is 3.76. The van der Waals surface area contributed by atoms with E-state index in [1.165, 1.54) is 5.56 Å². The van der Waals surface area contributed by atoms with Crippen LogP contribution in [0.1, 0.15) is 24.0 Å². The highest BCUT2D eigenvalue weighted by molar-refractivity contribution is 5.49. The van der Waals surface area contributed by atoms with Crippen LogP contribution in [0, 0.1) is 6.92 Å². The van der Waals surface area contributed by atoms with Crippen LogP contribution in [0.2, 0.25) is 0 Å². The molecule has 4 heteroatoms. The molecule has 0 aliphatic heterocycles. The van der Waals surface area contributed by atoms with Gasteiger partial charge in [-0.1, -0.05) is 6.92 Å². The molecule has 114 valence electrons. The Bertz CT molecular complexity index is 561. The van der Waals surface area contributed by atoms with E-state index in [0.717, 1.165) is 42.6 Å². The van der Waals surface area contributed by atoms with E-state index in [2.05, 4.69) is 42.4 Å². The smallest absolute Gasteiger partial charge is 0.119 e. The van der Waals surface area contributed by atoms with E-state index < -0.39 is 0 Å². The van der Waals surface area contributed by atoms with E-state index in [1.807, 2.05) is 19.1 Å². The molecule has 1 aromatic heterocycles. The Morgan fingerprint density at radius 2 is 1.95 bits per heavy atom. The molecule has 0 aliphatic carbocycles. The average molecular weight is 288 g/mol. The highest BCUT2D eigenvalue weighted by Crippen LogP contribution is 2.22. The third-order valence-corrected chi connectivity index (χ3v) is 3.54. The van der Waals surface area contributed by atoms with Gasteiger partial charge in [-0.05, 0) is 43.8 Å². The lowest BCUT2D eigenvalue weighted by atomic mass is 10.2. The quantitative estimate of drug-likeness (QED) is 0.848. The molecule has 4 nitrogen and oxygen atoms in total. The Morgan fingerprint density at radius 1 is 1.24 bits per heavy atom. The van der Waals surface area contributed by atoms with E-state index in [-0.39, 0.29) is 0 Å². The minimum atomic E-state index is 0.781. The molecule has 0 fully saturated rings. The Balaban J connectivity index is 2.04. The Morgan fingerprint density at radius 3 is 2.57 bits per heavy atom. The van der Waals surface area contributed by atoms with Crippen molar-refractivity contribution in [2.75, 3.05) is 25.6 Å². The lowest BCUT2D eigenvalue weighted by Crippen LogP contribution is -2.16. The number of ether oxygens (including phenoxy) is 1. The van der Waals surface area contributed by atoms with Crippen LogP contribution < -0.4 is 15.0 Å². The Hall–Kier alpha value is -1.94. The van der Waals surface area contributed by atoms with Gasteiger partial charge in [-0.2, -0.15) is 0 Å².